The lowest BCUT2D eigenvalue weighted by Crippen LogP contribution is -2.44. The zero-order valence-corrected chi connectivity index (χ0v) is 12.1. The fourth-order valence-corrected chi connectivity index (χ4v) is 1.78. The van der Waals surface area contributed by atoms with Crippen LogP contribution in [0.5, 0.6) is 5.75 Å². The minimum Gasteiger partial charge on any atom is -0.491 e. The van der Waals surface area contributed by atoms with Crippen LogP contribution in [0.4, 0.5) is 0 Å². The predicted octanol–water partition coefficient (Wildman–Crippen LogP) is 1.70. The lowest BCUT2D eigenvalue weighted by molar-refractivity contribution is -0.145. The van der Waals surface area contributed by atoms with E-state index >= 15 is 0 Å². The SMILES string of the molecule is CCCc1ccc(OCC(NC(C)=O)C(=O)OC)cc1. The van der Waals surface area contributed by atoms with Gasteiger partial charge in [0.1, 0.15) is 12.4 Å². The smallest absolute Gasteiger partial charge is 0.331 e. The fourth-order valence-electron chi connectivity index (χ4n) is 1.78. The number of hydrogen-bond donors (Lipinski definition) is 1. The largest absolute Gasteiger partial charge is 0.491 e. The van der Waals surface area contributed by atoms with Gasteiger partial charge in [0, 0.05) is 6.92 Å². The molecule has 1 aromatic carbocycles. The summed E-state index contributed by atoms with van der Waals surface area (Å²) in [6.07, 6.45) is 2.12. The van der Waals surface area contributed by atoms with Crippen LogP contribution in [-0.2, 0) is 20.7 Å². The molecule has 20 heavy (non-hydrogen) atoms. The van der Waals surface area contributed by atoms with Gasteiger partial charge in [-0.15, -0.1) is 0 Å². The quantitative estimate of drug-likeness (QED) is 0.771. The molecule has 0 spiro atoms. The molecule has 0 saturated heterocycles. The van der Waals surface area contributed by atoms with Crippen molar-refractivity contribution >= 4 is 11.9 Å². The molecule has 0 aliphatic carbocycles. The summed E-state index contributed by atoms with van der Waals surface area (Å²) < 4.78 is 10.1. The molecule has 1 rings (SSSR count). The van der Waals surface area contributed by atoms with Gasteiger partial charge in [0.2, 0.25) is 5.91 Å². The summed E-state index contributed by atoms with van der Waals surface area (Å²) in [6, 6.07) is 6.89. The van der Waals surface area contributed by atoms with Gasteiger partial charge in [-0.3, -0.25) is 4.79 Å². The van der Waals surface area contributed by atoms with Crippen LogP contribution in [0.2, 0.25) is 0 Å². The maximum atomic E-state index is 11.5. The van der Waals surface area contributed by atoms with Crippen LogP contribution in [0.25, 0.3) is 0 Å². The highest BCUT2D eigenvalue weighted by Gasteiger charge is 2.20. The molecule has 0 heterocycles. The molecule has 5 nitrogen and oxygen atoms in total. The van der Waals surface area contributed by atoms with E-state index in [0.717, 1.165) is 12.8 Å². The Kier molecular flexibility index (Phi) is 6.56. The van der Waals surface area contributed by atoms with Crippen molar-refractivity contribution in [2.45, 2.75) is 32.7 Å². The van der Waals surface area contributed by atoms with Crippen LogP contribution in [-0.4, -0.2) is 31.6 Å². The number of ether oxygens (including phenoxy) is 2. The van der Waals surface area contributed by atoms with Crippen molar-refractivity contribution in [3.63, 3.8) is 0 Å². The Hall–Kier alpha value is -2.04. The number of rotatable bonds is 7. The van der Waals surface area contributed by atoms with Gasteiger partial charge in [-0.2, -0.15) is 0 Å². The van der Waals surface area contributed by atoms with Crippen LogP contribution in [0.3, 0.4) is 0 Å². The third-order valence-electron chi connectivity index (χ3n) is 2.74. The number of hydrogen-bond acceptors (Lipinski definition) is 4. The summed E-state index contributed by atoms with van der Waals surface area (Å²) in [4.78, 5) is 22.5. The molecule has 1 aromatic rings. The number of nitrogens with one attached hydrogen (secondary N) is 1. The first-order valence-electron chi connectivity index (χ1n) is 6.63. The minimum atomic E-state index is -0.798. The number of carbonyl (C=O) groups excluding carboxylic acids is 2. The van der Waals surface area contributed by atoms with Gasteiger partial charge in [-0.25, -0.2) is 4.79 Å². The Morgan fingerprint density at radius 2 is 1.90 bits per heavy atom. The van der Waals surface area contributed by atoms with E-state index in [4.69, 9.17) is 4.74 Å². The van der Waals surface area contributed by atoms with Crippen molar-refractivity contribution in [3.8, 4) is 5.75 Å². The van der Waals surface area contributed by atoms with E-state index in [-0.39, 0.29) is 12.5 Å². The third-order valence-corrected chi connectivity index (χ3v) is 2.74. The number of amides is 1. The van der Waals surface area contributed by atoms with E-state index in [2.05, 4.69) is 17.0 Å². The molecule has 1 N–H and O–H groups in total. The normalized spacial score (nSPS) is 11.6. The number of esters is 1. The highest BCUT2D eigenvalue weighted by molar-refractivity contribution is 5.83. The van der Waals surface area contributed by atoms with Gasteiger partial charge in [-0.05, 0) is 24.1 Å². The van der Waals surface area contributed by atoms with Crippen LogP contribution in [0.1, 0.15) is 25.8 Å². The summed E-state index contributed by atoms with van der Waals surface area (Å²) >= 11 is 0. The Morgan fingerprint density at radius 1 is 1.25 bits per heavy atom. The number of benzene rings is 1. The first-order valence-corrected chi connectivity index (χ1v) is 6.63. The zero-order valence-electron chi connectivity index (χ0n) is 12.1. The second-order valence-corrected chi connectivity index (χ2v) is 4.48. The lowest BCUT2D eigenvalue weighted by Gasteiger charge is -2.16. The van der Waals surface area contributed by atoms with E-state index in [1.165, 1.54) is 19.6 Å². The molecular weight excluding hydrogens is 258 g/mol. The van der Waals surface area contributed by atoms with Crippen molar-refractivity contribution in [1.82, 2.24) is 5.32 Å². The van der Waals surface area contributed by atoms with Gasteiger partial charge in [-0.1, -0.05) is 25.5 Å². The molecule has 110 valence electrons. The monoisotopic (exact) mass is 279 g/mol. The van der Waals surface area contributed by atoms with Crippen LogP contribution >= 0.6 is 0 Å². The molecule has 1 unspecified atom stereocenters. The molecule has 0 aliphatic rings. The van der Waals surface area contributed by atoms with Crippen LogP contribution < -0.4 is 10.1 Å². The number of aryl methyl sites for hydroxylation is 1. The highest BCUT2D eigenvalue weighted by atomic mass is 16.5. The maximum Gasteiger partial charge on any atom is 0.331 e. The predicted molar refractivity (Wildman–Crippen MR) is 75.6 cm³/mol. The second-order valence-electron chi connectivity index (χ2n) is 4.48. The van der Waals surface area contributed by atoms with Crippen molar-refractivity contribution in [3.05, 3.63) is 29.8 Å². The molecule has 1 atom stereocenters. The standard InChI is InChI=1S/C15H21NO4/c1-4-5-12-6-8-13(9-7-12)20-10-14(15(18)19-3)16-11(2)17/h6-9,14H,4-5,10H2,1-3H3,(H,16,17). The Balaban J connectivity index is 2.57. The Labute approximate surface area is 119 Å². The molecule has 0 saturated carbocycles. The van der Waals surface area contributed by atoms with E-state index in [0.29, 0.717) is 5.75 Å². The second kappa shape index (κ2) is 8.19. The topological polar surface area (TPSA) is 64.6 Å². The average molecular weight is 279 g/mol. The molecule has 0 bridgehead atoms. The number of carbonyl (C=O) groups is 2. The summed E-state index contributed by atoms with van der Waals surface area (Å²) in [6.45, 7) is 3.51. The first-order chi connectivity index (χ1) is 9.56. The van der Waals surface area contributed by atoms with Crippen LogP contribution in [0, 0.1) is 0 Å². The summed E-state index contributed by atoms with van der Waals surface area (Å²) in [5, 5.41) is 2.49. The fraction of sp³-hybridized carbons (Fsp3) is 0.467. The van der Waals surface area contributed by atoms with Crippen molar-refractivity contribution in [2.75, 3.05) is 13.7 Å². The molecule has 0 aliphatic heterocycles. The van der Waals surface area contributed by atoms with E-state index in [1.54, 1.807) is 0 Å². The van der Waals surface area contributed by atoms with E-state index in [1.807, 2.05) is 24.3 Å². The van der Waals surface area contributed by atoms with Gasteiger partial charge < -0.3 is 14.8 Å². The third kappa shape index (κ3) is 5.30. The molecule has 5 heteroatoms. The summed E-state index contributed by atoms with van der Waals surface area (Å²) in [5.74, 6) is -0.172. The van der Waals surface area contributed by atoms with Gasteiger partial charge in [0.15, 0.2) is 6.04 Å². The van der Waals surface area contributed by atoms with E-state index in [9.17, 15) is 9.59 Å². The summed E-state index contributed by atoms with van der Waals surface area (Å²) in [7, 11) is 1.27. The van der Waals surface area contributed by atoms with E-state index < -0.39 is 12.0 Å². The van der Waals surface area contributed by atoms with Gasteiger partial charge in [0.05, 0.1) is 7.11 Å². The zero-order chi connectivity index (χ0) is 15.0. The van der Waals surface area contributed by atoms with Crippen molar-refractivity contribution in [1.29, 1.82) is 0 Å². The van der Waals surface area contributed by atoms with Crippen molar-refractivity contribution in [2.24, 2.45) is 0 Å². The summed E-state index contributed by atoms with van der Waals surface area (Å²) in [5.41, 5.74) is 1.24. The molecule has 0 radical (unpaired) electrons. The van der Waals surface area contributed by atoms with Crippen LogP contribution in [0.15, 0.2) is 24.3 Å². The van der Waals surface area contributed by atoms with Crippen molar-refractivity contribution < 1.29 is 19.1 Å². The lowest BCUT2D eigenvalue weighted by atomic mass is 10.1. The minimum absolute atomic E-state index is 0.0410. The molecular formula is C15H21NO4. The number of methoxy groups -OCH3 is 1. The molecule has 1 amide bonds. The highest BCUT2D eigenvalue weighted by Crippen LogP contribution is 2.13. The molecule has 0 aromatic heterocycles. The van der Waals surface area contributed by atoms with Gasteiger partial charge >= 0.3 is 5.97 Å². The Morgan fingerprint density at radius 3 is 2.40 bits per heavy atom. The Bertz CT molecular complexity index is 442. The first kappa shape index (κ1) is 16.0. The maximum absolute atomic E-state index is 11.5. The molecule has 0 fully saturated rings. The van der Waals surface area contributed by atoms with Gasteiger partial charge in [0.25, 0.3) is 0 Å². The average Bonchev–Trinajstić information content (AvgIpc) is 2.44.